The second-order valence-electron chi connectivity index (χ2n) is 6.76. The number of ether oxygens (including phenoxy) is 1. The Labute approximate surface area is 198 Å². The number of phenolic OH excluding ortho intramolecular Hbond substituents is 1. The molecule has 0 radical (unpaired) electrons. The molecule has 0 aliphatic heterocycles. The Hall–Kier alpha value is -2.48. The molecule has 35 heavy (non-hydrogen) atoms. The molecular weight excluding hydrogens is 554 g/mol. The largest absolute Gasteiger partial charge is 0.506 e. The first kappa shape index (κ1) is 28.8. The van der Waals surface area contributed by atoms with Gasteiger partial charge in [-0.3, -0.25) is 4.99 Å². The SMILES string of the molecule is Oc1c(Cl)cc(Cl)cc1C=Nc1cc(C(F)(F)F)ccc1OCC(F)(F)C(F)(F)C(F)(F)C(F)F. The van der Waals surface area contributed by atoms with E-state index in [1.54, 1.807) is 0 Å². The van der Waals surface area contributed by atoms with E-state index in [1.165, 1.54) is 0 Å². The average Bonchev–Trinajstić information content (AvgIpc) is 2.72. The van der Waals surface area contributed by atoms with Gasteiger partial charge < -0.3 is 9.84 Å². The molecule has 3 nitrogen and oxygen atoms in total. The summed E-state index contributed by atoms with van der Waals surface area (Å²) >= 11 is 11.4. The summed E-state index contributed by atoms with van der Waals surface area (Å²) in [5, 5.41) is 9.50. The van der Waals surface area contributed by atoms with Crippen LogP contribution in [0.3, 0.4) is 0 Å². The van der Waals surface area contributed by atoms with Gasteiger partial charge in [0.05, 0.1) is 10.6 Å². The molecule has 0 spiro atoms. The Morgan fingerprint density at radius 2 is 1.54 bits per heavy atom. The molecule has 2 aromatic carbocycles. The number of nitrogens with zero attached hydrogens (tertiary/aromatic N) is 1. The molecule has 0 aliphatic carbocycles. The molecule has 0 unspecified atom stereocenters. The Morgan fingerprint density at radius 1 is 0.943 bits per heavy atom. The third-order valence-corrected chi connectivity index (χ3v) is 4.75. The highest BCUT2D eigenvalue weighted by Crippen LogP contribution is 2.49. The van der Waals surface area contributed by atoms with Crippen LogP contribution in [0.25, 0.3) is 0 Å². The third-order valence-electron chi connectivity index (χ3n) is 4.25. The first-order valence-electron chi connectivity index (χ1n) is 8.79. The van der Waals surface area contributed by atoms with Gasteiger partial charge in [-0.05, 0) is 30.3 Å². The fourth-order valence-corrected chi connectivity index (χ4v) is 2.89. The number of hydrogen-bond acceptors (Lipinski definition) is 3. The van der Waals surface area contributed by atoms with Crippen LogP contribution in [0.4, 0.5) is 54.0 Å². The monoisotopic (exact) mass is 563 g/mol. The van der Waals surface area contributed by atoms with Gasteiger partial charge in [-0.1, -0.05) is 23.2 Å². The van der Waals surface area contributed by atoms with Crippen molar-refractivity contribution in [1.29, 1.82) is 0 Å². The van der Waals surface area contributed by atoms with Crippen LogP contribution in [0.5, 0.6) is 11.5 Å². The standard InChI is InChI=1S/C19H10Cl2F11NO2/c20-10-3-8(14(34)11(21)5-10)6-33-12-4-9(18(28,29)30)1-2-13(12)35-7-16(24,25)19(31,32)17(26,27)15(22)23/h1-6,15,34H,7H2. The van der Waals surface area contributed by atoms with Crippen LogP contribution in [0.1, 0.15) is 11.1 Å². The average molecular weight is 564 g/mol. The van der Waals surface area contributed by atoms with E-state index in [0.29, 0.717) is 12.3 Å². The highest BCUT2D eigenvalue weighted by Gasteiger charge is 2.75. The van der Waals surface area contributed by atoms with Crippen LogP contribution >= 0.6 is 23.2 Å². The van der Waals surface area contributed by atoms with E-state index in [9.17, 15) is 53.4 Å². The van der Waals surface area contributed by atoms with E-state index >= 15 is 0 Å². The van der Waals surface area contributed by atoms with E-state index in [-0.39, 0.29) is 27.7 Å². The summed E-state index contributed by atoms with van der Waals surface area (Å²) in [6, 6.07) is 2.98. The highest BCUT2D eigenvalue weighted by molar-refractivity contribution is 6.36. The van der Waals surface area contributed by atoms with Crippen molar-refractivity contribution in [3.05, 3.63) is 51.5 Å². The van der Waals surface area contributed by atoms with E-state index in [0.717, 1.165) is 12.1 Å². The summed E-state index contributed by atoms with van der Waals surface area (Å²) in [6.45, 7) is -2.63. The Bertz CT molecular complexity index is 1100. The molecule has 0 amide bonds. The van der Waals surface area contributed by atoms with Crippen LogP contribution in [0.2, 0.25) is 10.0 Å². The lowest BCUT2D eigenvalue weighted by molar-refractivity contribution is -0.342. The molecule has 0 heterocycles. The van der Waals surface area contributed by atoms with Gasteiger partial charge in [0.25, 0.3) is 0 Å². The van der Waals surface area contributed by atoms with Crippen LogP contribution < -0.4 is 4.74 Å². The van der Waals surface area contributed by atoms with E-state index in [2.05, 4.69) is 9.73 Å². The Balaban J connectivity index is 2.46. The van der Waals surface area contributed by atoms with Crippen molar-refractivity contribution in [1.82, 2.24) is 0 Å². The fraction of sp³-hybridized carbons (Fsp3) is 0.316. The summed E-state index contributed by atoms with van der Waals surface area (Å²) in [7, 11) is 0. The molecule has 194 valence electrons. The highest BCUT2D eigenvalue weighted by atomic mass is 35.5. The third kappa shape index (κ3) is 6.02. The Kier molecular flexibility index (Phi) is 8.12. The van der Waals surface area contributed by atoms with Gasteiger partial charge in [-0.2, -0.15) is 39.5 Å². The lowest BCUT2D eigenvalue weighted by Crippen LogP contribution is -2.59. The molecule has 0 saturated carbocycles. The van der Waals surface area contributed by atoms with Crippen molar-refractivity contribution in [2.45, 2.75) is 30.4 Å². The predicted molar refractivity (Wildman–Crippen MR) is 103 cm³/mol. The van der Waals surface area contributed by atoms with Crippen LogP contribution in [-0.2, 0) is 6.18 Å². The van der Waals surface area contributed by atoms with E-state index < -0.39 is 59.7 Å². The van der Waals surface area contributed by atoms with Gasteiger partial charge in [0.2, 0.25) is 0 Å². The van der Waals surface area contributed by atoms with Crippen molar-refractivity contribution >= 4 is 35.1 Å². The zero-order valence-electron chi connectivity index (χ0n) is 16.5. The van der Waals surface area contributed by atoms with Crippen molar-refractivity contribution in [3.8, 4) is 11.5 Å². The van der Waals surface area contributed by atoms with E-state index in [4.69, 9.17) is 23.2 Å². The molecule has 0 aromatic heterocycles. The normalized spacial score (nSPS) is 13.7. The molecule has 2 rings (SSSR count). The van der Waals surface area contributed by atoms with Gasteiger partial charge in [0, 0.05) is 16.8 Å². The predicted octanol–water partition coefficient (Wildman–Crippen LogP) is 8.02. The first-order valence-corrected chi connectivity index (χ1v) is 9.54. The minimum absolute atomic E-state index is 0.0587. The van der Waals surface area contributed by atoms with Crippen molar-refractivity contribution in [2.75, 3.05) is 6.61 Å². The summed E-state index contributed by atoms with van der Waals surface area (Å²) < 4.78 is 148. The second-order valence-corrected chi connectivity index (χ2v) is 7.60. The molecule has 0 bridgehead atoms. The smallest absolute Gasteiger partial charge is 0.416 e. The van der Waals surface area contributed by atoms with Crippen molar-refractivity contribution in [2.24, 2.45) is 4.99 Å². The van der Waals surface area contributed by atoms with Gasteiger partial charge in [-0.15, -0.1) is 0 Å². The summed E-state index contributed by atoms with van der Waals surface area (Å²) in [5.41, 5.74) is -2.62. The molecule has 0 fully saturated rings. The zero-order chi connectivity index (χ0) is 27.0. The number of rotatable bonds is 8. The number of phenols is 1. The number of halogens is 13. The molecule has 2 aromatic rings. The number of aromatic hydroxyl groups is 1. The molecular formula is C19H10Cl2F11NO2. The maximum Gasteiger partial charge on any atom is 0.416 e. The molecule has 16 heteroatoms. The summed E-state index contributed by atoms with van der Waals surface area (Å²) in [6.07, 6.45) is -9.50. The van der Waals surface area contributed by atoms with Crippen LogP contribution in [-0.4, -0.2) is 42.1 Å². The minimum Gasteiger partial charge on any atom is -0.506 e. The van der Waals surface area contributed by atoms with Gasteiger partial charge in [0.15, 0.2) is 6.61 Å². The van der Waals surface area contributed by atoms with Crippen molar-refractivity contribution in [3.63, 3.8) is 0 Å². The topological polar surface area (TPSA) is 41.8 Å². The van der Waals surface area contributed by atoms with Crippen LogP contribution in [0, 0.1) is 0 Å². The maximum atomic E-state index is 13.8. The number of benzene rings is 2. The molecule has 0 aliphatic rings. The Morgan fingerprint density at radius 3 is 2.09 bits per heavy atom. The molecule has 0 saturated heterocycles. The van der Waals surface area contributed by atoms with Gasteiger partial charge in [-0.25, -0.2) is 8.78 Å². The number of alkyl halides is 11. The first-order chi connectivity index (χ1) is 15.8. The molecule has 1 N–H and O–H groups in total. The lowest BCUT2D eigenvalue weighted by atomic mass is 10.1. The van der Waals surface area contributed by atoms with Gasteiger partial charge >= 0.3 is 30.4 Å². The quantitative estimate of drug-likeness (QED) is 0.261. The second kappa shape index (κ2) is 9.88. The van der Waals surface area contributed by atoms with Crippen LogP contribution in [0.15, 0.2) is 35.3 Å². The van der Waals surface area contributed by atoms with E-state index in [1.807, 2.05) is 0 Å². The number of aliphatic imine (C=N–C) groups is 1. The number of hydrogen-bond donors (Lipinski definition) is 1. The fourth-order valence-electron chi connectivity index (χ4n) is 2.38. The van der Waals surface area contributed by atoms with Gasteiger partial charge in [0.1, 0.15) is 17.2 Å². The lowest BCUT2D eigenvalue weighted by Gasteiger charge is -2.32. The minimum atomic E-state index is -6.59. The molecule has 0 atom stereocenters. The maximum absolute atomic E-state index is 13.8. The van der Waals surface area contributed by atoms with Crippen molar-refractivity contribution < 1.29 is 58.1 Å². The summed E-state index contributed by atoms with van der Waals surface area (Å²) in [5.74, 6) is -20.6. The summed E-state index contributed by atoms with van der Waals surface area (Å²) in [4.78, 5) is 3.51. The zero-order valence-corrected chi connectivity index (χ0v) is 18.0.